The molecule has 1 saturated carbocycles. The van der Waals surface area contributed by atoms with E-state index in [4.69, 9.17) is 0 Å². The Bertz CT molecular complexity index is 777. The number of anilines is 1. The topological polar surface area (TPSA) is 29.0 Å². The molecule has 0 amide bonds. The molecule has 1 aliphatic carbocycles. The van der Waals surface area contributed by atoms with Crippen LogP contribution >= 0.6 is 0 Å². The first-order valence-corrected chi connectivity index (χ1v) is 11.9. The maximum Gasteiger partial charge on any atom is 0.278 e. The number of aryl methyl sites for hydroxylation is 1. The quantitative estimate of drug-likeness (QED) is 0.461. The van der Waals surface area contributed by atoms with Crippen LogP contribution in [0.25, 0.3) is 10.9 Å². The summed E-state index contributed by atoms with van der Waals surface area (Å²) >= 11 is 0. The number of fused-ring (bicyclic) bond motifs is 1. The van der Waals surface area contributed by atoms with E-state index in [2.05, 4.69) is 23.8 Å². The van der Waals surface area contributed by atoms with Crippen molar-refractivity contribution in [3.63, 3.8) is 0 Å². The van der Waals surface area contributed by atoms with Gasteiger partial charge in [0.2, 0.25) is 0 Å². The predicted octanol–water partition coefficient (Wildman–Crippen LogP) is 7.86. The zero-order valence-corrected chi connectivity index (χ0v) is 21.0. The number of alkyl halides is 3. The average Bonchev–Trinajstić information content (AvgIpc) is 2.76. The molecule has 1 fully saturated rings. The van der Waals surface area contributed by atoms with E-state index in [0.717, 1.165) is 34.4 Å². The van der Waals surface area contributed by atoms with Gasteiger partial charge in [0.1, 0.15) is 11.6 Å². The summed E-state index contributed by atoms with van der Waals surface area (Å²) in [6, 6.07) is 8.06. The number of aromatic nitrogens is 2. The van der Waals surface area contributed by atoms with E-state index in [-0.39, 0.29) is 0 Å². The second kappa shape index (κ2) is 13.6. The Balaban J connectivity index is 0.000000252. The van der Waals surface area contributed by atoms with Crippen molar-refractivity contribution < 1.29 is 13.2 Å². The number of nitrogens with zero attached hydrogens (tertiary/aromatic N) is 3. The molecule has 1 aromatic heterocycles. The van der Waals surface area contributed by atoms with Gasteiger partial charge >= 0.3 is 0 Å². The third-order valence-electron chi connectivity index (χ3n) is 6.04. The molecule has 32 heavy (non-hydrogen) atoms. The fourth-order valence-electron chi connectivity index (χ4n) is 3.72. The van der Waals surface area contributed by atoms with Crippen LogP contribution in [0.15, 0.2) is 24.3 Å². The minimum atomic E-state index is -3.12. The first kappa shape index (κ1) is 28.2. The molecule has 1 unspecified atom stereocenters. The van der Waals surface area contributed by atoms with Crippen molar-refractivity contribution in [2.45, 2.75) is 79.1 Å². The van der Waals surface area contributed by atoms with Crippen LogP contribution in [0.3, 0.4) is 0 Å². The fraction of sp³-hybridized carbons (Fsp3) is 0.692. The summed E-state index contributed by atoms with van der Waals surface area (Å²) in [5.74, 6) is -0.115. The minimum absolute atomic E-state index is 0.386. The molecule has 3 nitrogen and oxygen atoms in total. The summed E-state index contributed by atoms with van der Waals surface area (Å²) in [6.07, 6.45) is 6.96. The van der Waals surface area contributed by atoms with Crippen molar-refractivity contribution in [2.75, 3.05) is 25.7 Å². The van der Waals surface area contributed by atoms with Crippen LogP contribution in [0, 0.1) is 24.7 Å². The van der Waals surface area contributed by atoms with Crippen molar-refractivity contribution in [1.29, 1.82) is 0 Å². The van der Waals surface area contributed by atoms with E-state index in [9.17, 15) is 13.2 Å². The number of para-hydroxylation sites is 1. The average molecular weight is 454 g/mol. The highest BCUT2D eigenvalue weighted by Crippen LogP contribution is 2.28. The molecule has 182 valence electrons. The SMILES string of the molecule is CC1CCC(C)CC1.CCCC(C)C(F)(F)CF.Cc1nc(N(C)C)c2ccccc2n1. The predicted molar refractivity (Wildman–Crippen MR) is 130 cm³/mol. The normalized spacial score (nSPS) is 19.3. The summed E-state index contributed by atoms with van der Waals surface area (Å²) < 4.78 is 36.3. The molecule has 2 aromatic rings. The first-order valence-electron chi connectivity index (χ1n) is 11.9. The van der Waals surface area contributed by atoms with Gasteiger partial charge in [0.25, 0.3) is 5.92 Å². The summed E-state index contributed by atoms with van der Waals surface area (Å²) in [5.41, 5.74) is 1.00. The lowest BCUT2D eigenvalue weighted by molar-refractivity contribution is -0.0724. The number of halogens is 3. The molecule has 0 spiro atoms. The van der Waals surface area contributed by atoms with E-state index in [1.807, 2.05) is 57.1 Å². The van der Waals surface area contributed by atoms with Crippen molar-refractivity contribution in [2.24, 2.45) is 17.8 Å². The van der Waals surface area contributed by atoms with Gasteiger partial charge < -0.3 is 4.90 Å². The highest BCUT2D eigenvalue weighted by molar-refractivity contribution is 5.89. The van der Waals surface area contributed by atoms with Gasteiger partial charge in [0, 0.05) is 25.4 Å². The van der Waals surface area contributed by atoms with Crippen LogP contribution in [-0.4, -0.2) is 36.7 Å². The largest absolute Gasteiger partial charge is 0.362 e. The van der Waals surface area contributed by atoms with Crippen LogP contribution in [0.4, 0.5) is 19.0 Å². The van der Waals surface area contributed by atoms with Crippen LogP contribution < -0.4 is 4.90 Å². The monoisotopic (exact) mass is 453 g/mol. The lowest BCUT2D eigenvalue weighted by Gasteiger charge is -2.22. The molecule has 1 aliphatic rings. The van der Waals surface area contributed by atoms with Crippen molar-refractivity contribution in [3.05, 3.63) is 30.1 Å². The van der Waals surface area contributed by atoms with E-state index < -0.39 is 18.5 Å². The Morgan fingerprint density at radius 1 is 1.03 bits per heavy atom. The molecule has 0 saturated heterocycles. The molecule has 3 rings (SSSR count). The van der Waals surface area contributed by atoms with Crippen LogP contribution in [0.5, 0.6) is 0 Å². The lowest BCUT2D eigenvalue weighted by atomic mass is 9.84. The second-order valence-corrected chi connectivity index (χ2v) is 9.46. The minimum Gasteiger partial charge on any atom is -0.362 e. The molecule has 0 aliphatic heterocycles. The Hall–Kier alpha value is -1.85. The summed E-state index contributed by atoms with van der Waals surface area (Å²) in [4.78, 5) is 10.8. The number of hydrogen-bond acceptors (Lipinski definition) is 3. The standard InChI is InChI=1S/C11H13N3.C8H16.C7H13F3/c1-8-12-10-7-5-4-6-9(10)11(13-8)14(2)3;1-7-3-5-8(2)6-4-7;1-3-4-6(2)7(9,10)5-8/h4-7H,1-3H3;7-8H,3-6H2,1-2H3;6H,3-5H2,1-2H3. The number of rotatable bonds is 5. The molecule has 1 aromatic carbocycles. The smallest absolute Gasteiger partial charge is 0.278 e. The highest BCUT2D eigenvalue weighted by Gasteiger charge is 2.35. The zero-order chi connectivity index (χ0) is 24.3. The Labute approximate surface area is 192 Å². The molecule has 0 N–H and O–H groups in total. The number of benzene rings is 1. The van der Waals surface area contributed by atoms with Gasteiger partial charge in [-0.15, -0.1) is 0 Å². The molecular weight excluding hydrogens is 411 g/mol. The summed E-state index contributed by atoms with van der Waals surface area (Å²) in [5, 5.41) is 1.10. The highest BCUT2D eigenvalue weighted by atomic mass is 19.3. The van der Waals surface area contributed by atoms with Gasteiger partial charge in [0.05, 0.1) is 5.52 Å². The van der Waals surface area contributed by atoms with E-state index in [1.54, 1.807) is 0 Å². The first-order chi connectivity index (χ1) is 15.0. The van der Waals surface area contributed by atoms with Gasteiger partial charge in [-0.25, -0.2) is 23.1 Å². The molecular formula is C26H42F3N3. The van der Waals surface area contributed by atoms with Crippen LogP contribution in [0.2, 0.25) is 0 Å². The third kappa shape index (κ3) is 9.33. The maximum atomic E-state index is 12.4. The molecule has 1 atom stereocenters. The summed E-state index contributed by atoms with van der Waals surface area (Å²) in [7, 11) is 3.99. The van der Waals surface area contributed by atoms with Crippen molar-refractivity contribution in [3.8, 4) is 0 Å². The van der Waals surface area contributed by atoms with Gasteiger partial charge in [-0.2, -0.15) is 0 Å². The van der Waals surface area contributed by atoms with E-state index in [0.29, 0.717) is 12.8 Å². The van der Waals surface area contributed by atoms with E-state index >= 15 is 0 Å². The van der Waals surface area contributed by atoms with Crippen molar-refractivity contribution >= 4 is 16.7 Å². The molecule has 0 bridgehead atoms. The lowest BCUT2D eigenvalue weighted by Crippen LogP contribution is -2.28. The fourth-order valence-corrected chi connectivity index (χ4v) is 3.72. The van der Waals surface area contributed by atoms with Gasteiger partial charge in [-0.3, -0.25) is 0 Å². The van der Waals surface area contributed by atoms with E-state index in [1.165, 1.54) is 32.6 Å². The molecule has 1 heterocycles. The number of hydrogen-bond donors (Lipinski definition) is 0. The molecule has 0 radical (unpaired) electrons. The van der Waals surface area contributed by atoms with Crippen molar-refractivity contribution in [1.82, 2.24) is 9.97 Å². The van der Waals surface area contributed by atoms with Crippen LogP contribution in [0.1, 0.15) is 72.0 Å². The Kier molecular flexibility index (Phi) is 12.0. The Morgan fingerprint density at radius 2 is 1.56 bits per heavy atom. The second-order valence-electron chi connectivity index (χ2n) is 9.46. The van der Waals surface area contributed by atoms with Crippen LogP contribution in [-0.2, 0) is 0 Å². The van der Waals surface area contributed by atoms with Gasteiger partial charge in [-0.05, 0) is 37.3 Å². The Morgan fingerprint density at radius 3 is 2.03 bits per heavy atom. The maximum absolute atomic E-state index is 12.4. The zero-order valence-electron chi connectivity index (χ0n) is 21.0. The molecule has 6 heteroatoms. The third-order valence-corrected chi connectivity index (χ3v) is 6.04. The van der Waals surface area contributed by atoms with Gasteiger partial charge in [0.15, 0.2) is 6.67 Å². The summed E-state index contributed by atoms with van der Waals surface area (Å²) in [6.45, 7) is 8.30. The van der Waals surface area contributed by atoms with Gasteiger partial charge in [-0.1, -0.05) is 71.9 Å².